The smallest absolute Gasteiger partial charge is 0.293 e. The van der Waals surface area contributed by atoms with Gasteiger partial charge < -0.3 is 5.32 Å². The average Bonchev–Trinajstić information content (AvgIpc) is 3.34. The van der Waals surface area contributed by atoms with Gasteiger partial charge in [0, 0.05) is 30.9 Å². The van der Waals surface area contributed by atoms with E-state index in [4.69, 9.17) is 0 Å². The predicted molar refractivity (Wildman–Crippen MR) is 121 cm³/mol. The Morgan fingerprint density at radius 2 is 1.97 bits per heavy atom. The number of rotatable bonds is 7. The number of hydrogen-bond acceptors (Lipinski definition) is 7. The fraction of sp³-hybridized carbons (Fsp3) is 0.273. The van der Waals surface area contributed by atoms with E-state index in [2.05, 4.69) is 20.4 Å². The highest BCUT2D eigenvalue weighted by molar-refractivity contribution is 8.18. The normalized spacial score (nSPS) is 15.2. The summed E-state index contributed by atoms with van der Waals surface area (Å²) in [6.45, 7) is 4.14. The Hall–Kier alpha value is -3.53. The molecule has 10 heteroatoms. The van der Waals surface area contributed by atoms with E-state index < -0.39 is 0 Å². The van der Waals surface area contributed by atoms with Crippen LogP contribution < -0.4 is 5.32 Å². The highest BCUT2D eigenvalue weighted by atomic mass is 32.2. The average molecular weight is 451 g/mol. The minimum Gasteiger partial charge on any atom is -0.354 e. The first kappa shape index (κ1) is 21.7. The number of hydrogen-bond donors (Lipinski definition) is 1. The minimum atomic E-state index is -0.337. The number of carbonyl (C=O) groups is 3. The van der Waals surface area contributed by atoms with Gasteiger partial charge in [-0.3, -0.25) is 19.3 Å². The Morgan fingerprint density at radius 3 is 2.75 bits per heavy atom. The van der Waals surface area contributed by atoms with Crippen molar-refractivity contribution < 1.29 is 14.4 Å². The van der Waals surface area contributed by atoms with E-state index >= 15 is 0 Å². The molecule has 4 rings (SSSR count). The molecule has 0 spiro atoms. The van der Waals surface area contributed by atoms with Crippen LogP contribution in [0.3, 0.4) is 0 Å². The van der Waals surface area contributed by atoms with Crippen molar-refractivity contribution in [2.75, 3.05) is 13.1 Å². The van der Waals surface area contributed by atoms with Crippen molar-refractivity contribution >= 4 is 40.7 Å². The quantitative estimate of drug-likeness (QED) is 0.551. The summed E-state index contributed by atoms with van der Waals surface area (Å²) >= 11 is 0.913. The molecule has 0 aliphatic carbocycles. The van der Waals surface area contributed by atoms with Gasteiger partial charge in [-0.1, -0.05) is 30.3 Å². The molecule has 164 valence electrons. The van der Waals surface area contributed by atoms with Gasteiger partial charge in [-0.2, -0.15) is 10.1 Å². The van der Waals surface area contributed by atoms with E-state index in [-0.39, 0.29) is 36.6 Å². The lowest BCUT2D eigenvalue weighted by Crippen LogP contribution is -2.37. The molecule has 3 amide bonds. The molecular formula is C22H22N6O3S. The first-order valence-electron chi connectivity index (χ1n) is 10.2. The summed E-state index contributed by atoms with van der Waals surface area (Å²) in [4.78, 5) is 47.1. The van der Waals surface area contributed by atoms with E-state index in [9.17, 15) is 14.4 Å². The second-order valence-electron chi connectivity index (χ2n) is 7.33. The highest BCUT2D eigenvalue weighted by Crippen LogP contribution is 2.31. The summed E-state index contributed by atoms with van der Waals surface area (Å²) < 4.78 is 1.66. The van der Waals surface area contributed by atoms with Crippen molar-refractivity contribution in [3.63, 3.8) is 0 Å². The zero-order chi connectivity index (χ0) is 22.7. The van der Waals surface area contributed by atoms with Gasteiger partial charge in [-0.05, 0) is 49.2 Å². The Kier molecular flexibility index (Phi) is 6.31. The number of aryl methyl sites for hydroxylation is 2. The number of thioether (sulfide) groups is 1. The highest BCUT2D eigenvalue weighted by Gasteiger charge is 2.34. The summed E-state index contributed by atoms with van der Waals surface area (Å²) in [6.07, 6.45) is 3.92. The molecule has 2 aromatic heterocycles. The van der Waals surface area contributed by atoms with Crippen molar-refractivity contribution in [1.29, 1.82) is 0 Å². The van der Waals surface area contributed by atoms with E-state index in [0.29, 0.717) is 17.1 Å². The number of imide groups is 1. The molecule has 1 aliphatic rings. The van der Waals surface area contributed by atoms with E-state index in [1.165, 1.54) is 6.33 Å². The van der Waals surface area contributed by atoms with Gasteiger partial charge in [0.1, 0.15) is 6.33 Å². The third kappa shape index (κ3) is 4.54. The van der Waals surface area contributed by atoms with Gasteiger partial charge in [-0.15, -0.1) is 0 Å². The molecule has 9 nitrogen and oxygen atoms in total. The summed E-state index contributed by atoms with van der Waals surface area (Å²) in [5.74, 6) is 0.0394. The fourth-order valence-electron chi connectivity index (χ4n) is 3.54. The zero-order valence-corrected chi connectivity index (χ0v) is 18.6. The molecule has 1 aromatic carbocycles. The van der Waals surface area contributed by atoms with Gasteiger partial charge in [0.05, 0.1) is 4.91 Å². The monoisotopic (exact) mass is 450 g/mol. The summed E-state index contributed by atoms with van der Waals surface area (Å²) in [6, 6.07) is 9.36. The molecule has 1 aliphatic heterocycles. The summed E-state index contributed by atoms with van der Waals surface area (Å²) in [7, 11) is 0. The maximum Gasteiger partial charge on any atom is 0.293 e. The van der Waals surface area contributed by atoms with Crippen LogP contribution in [-0.4, -0.2) is 54.6 Å². The van der Waals surface area contributed by atoms with Crippen LogP contribution in [0.1, 0.15) is 28.9 Å². The van der Waals surface area contributed by atoms with Gasteiger partial charge in [0.25, 0.3) is 16.9 Å². The number of aromatic nitrogens is 4. The largest absolute Gasteiger partial charge is 0.354 e. The molecule has 0 saturated carbocycles. The number of carbonyl (C=O) groups excluding carboxylic acids is 3. The van der Waals surface area contributed by atoms with Crippen LogP contribution in [0.15, 0.2) is 41.6 Å². The molecule has 0 bridgehead atoms. The van der Waals surface area contributed by atoms with Crippen LogP contribution in [0, 0.1) is 13.8 Å². The van der Waals surface area contributed by atoms with Gasteiger partial charge in [0.15, 0.2) is 0 Å². The van der Waals surface area contributed by atoms with Crippen LogP contribution in [0.5, 0.6) is 0 Å². The topological polar surface area (TPSA) is 110 Å². The number of fused-ring (bicyclic) bond motifs is 1. The first-order chi connectivity index (χ1) is 15.4. The van der Waals surface area contributed by atoms with Crippen LogP contribution in [-0.2, 0) is 16.0 Å². The molecule has 1 fully saturated rings. The van der Waals surface area contributed by atoms with E-state index in [1.54, 1.807) is 10.6 Å². The Labute approximate surface area is 188 Å². The molecule has 3 heterocycles. The fourth-order valence-corrected chi connectivity index (χ4v) is 4.41. The third-order valence-electron chi connectivity index (χ3n) is 5.22. The molecule has 0 unspecified atom stereocenters. The van der Waals surface area contributed by atoms with Crippen LogP contribution in [0.25, 0.3) is 11.9 Å². The maximum atomic E-state index is 12.5. The summed E-state index contributed by atoms with van der Waals surface area (Å²) in [5, 5.41) is 6.61. The molecule has 3 aromatic rings. The second kappa shape index (κ2) is 9.31. The molecular weight excluding hydrogens is 428 g/mol. The second-order valence-corrected chi connectivity index (χ2v) is 8.32. The Balaban J connectivity index is 1.29. The van der Waals surface area contributed by atoms with Gasteiger partial charge in [0.2, 0.25) is 5.91 Å². The van der Waals surface area contributed by atoms with Crippen LogP contribution in [0.4, 0.5) is 4.79 Å². The molecule has 1 N–H and O–H groups in total. The molecule has 0 atom stereocenters. The summed E-state index contributed by atoms with van der Waals surface area (Å²) in [5.41, 5.74) is 3.53. The number of nitrogens with zero attached hydrogens (tertiary/aromatic N) is 5. The lowest BCUT2D eigenvalue weighted by Gasteiger charge is -2.13. The first-order valence-corrected chi connectivity index (χ1v) is 11.0. The van der Waals surface area contributed by atoms with Gasteiger partial charge in [-0.25, -0.2) is 9.50 Å². The minimum absolute atomic E-state index is 0.132. The van der Waals surface area contributed by atoms with Crippen molar-refractivity contribution in [3.05, 3.63) is 64.1 Å². The van der Waals surface area contributed by atoms with E-state index in [0.717, 1.165) is 39.2 Å². The SMILES string of the molecule is Cc1nc2ncnn2c(C)c1CCC(=O)NCCN1C(=O)S/C(=C\c2ccccc2)C1=O. The number of nitrogens with one attached hydrogen (secondary N) is 1. The number of benzene rings is 1. The van der Waals surface area contributed by atoms with Crippen LogP contribution in [0.2, 0.25) is 0 Å². The lowest BCUT2D eigenvalue weighted by molar-refractivity contribution is -0.124. The molecule has 1 saturated heterocycles. The molecule has 32 heavy (non-hydrogen) atoms. The standard InChI is InChI=1S/C22H22N6O3S/c1-14-17(15(2)28-21(26-14)24-13-25-28)8-9-19(29)23-10-11-27-20(30)18(32-22(27)31)12-16-6-4-3-5-7-16/h3-7,12-13H,8-11H2,1-2H3,(H,23,29)/b18-12-. The maximum absolute atomic E-state index is 12.5. The van der Waals surface area contributed by atoms with Crippen LogP contribution >= 0.6 is 11.8 Å². The number of amides is 3. The van der Waals surface area contributed by atoms with Crippen molar-refractivity contribution in [1.82, 2.24) is 29.8 Å². The lowest BCUT2D eigenvalue weighted by atomic mass is 10.1. The Bertz CT molecular complexity index is 1220. The third-order valence-corrected chi connectivity index (χ3v) is 6.13. The van der Waals surface area contributed by atoms with Crippen molar-refractivity contribution in [2.24, 2.45) is 0 Å². The molecule has 0 radical (unpaired) electrons. The van der Waals surface area contributed by atoms with E-state index in [1.807, 2.05) is 44.2 Å². The van der Waals surface area contributed by atoms with Gasteiger partial charge >= 0.3 is 0 Å². The van der Waals surface area contributed by atoms with Crippen molar-refractivity contribution in [3.8, 4) is 0 Å². The van der Waals surface area contributed by atoms with Crippen molar-refractivity contribution in [2.45, 2.75) is 26.7 Å². The zero-order valence-electron chi connectivity index (χ0n) is 17.7. The predicted octanol–water partition coefficient (Wildman–Crippen LogP) is 2.53. The Morgan fingerprint density at radius 1 is 1.19 bits per heavy atom.